The van der Waals surface area contributed by atoms with E-state index in [1.807, 2.05) is 6.07 Å². The van der Waals surface area contributed by atoms with Crippen LogP contribution in [-0.2, 0) is 28.6 Å². The molecule has 0 aromatic carbocycles. The zero-order chi connectivity index (χ0) is 33.6. The second kappa shape index (κ2) is 17.7. The van der Waals surface area contributed by atoms with Gasteiger partial charge in [-0.05, 0) is 32.0 Å². The first-order valence-electron chi connectivity index (χ1n) is 15.1. The minimum atomic E-state index is -1.82. The number of carbonyl (C=O) groups excluding carboxylic acids is 1. The van der Waals surface area contributed by atoms with E-state index >= 15 is 0 Å². The lowest BCUT2D eigenvalue weighted by Gasteiger charge is -2.31. The number of piperazine rings is 1. The van der Waals surface area contributed by atoms with Crippen molar-refractivity contribution < 1.29 is 43.5 Å². The number of carboxylic acids is 2. The van der Waals surface area contributed by atoms with Crippen LogP contribution in [-0.4, -0.2) is 143 Å². The quantitative estimate of drug-likeness (QED) is 0.139. The molecule has 2 aliphatic rings. The molecule has 0 amide bonds. The molecule has 0 unspecified atom stereocenters. The fourth-order valence-corrected chi connectivity index (χ4v) is 4.69. The molecule has 5 heterocycles. The van der Waals surface area contributed by atoms with Crippen LogP contribution in [0.15, 0.2) is 30.7 Å². The molecule has 3 aromatic heterocycles. The van der Waals surface area contributed by atoms with Gasteiger partial charge in [-0.15, -0.1) is 0 Å². The average molecular weight is 655 g/mol. The summed E-state index contributed by atoms with van der Waals surface area (Å²) in [6.07, 6.45) is 4.91. The lowest BCUT2D eigenvalue weighted by molar-refractivity contribution is -0.159. The number of likely N-dealkylation sites (N-methyl/N-ethyl adjacent to an activating group) is 1. The normalized spacial score (nSPS) is 15.7. The standard InChI is InChI=1S/C28H36N8O5.C2H2O4/c1-34-6-8-35(9-7-34)19-26(37)41-15-13-39-12-14-40-24-16-23-28(33-27(24)32-22-4-10-38-11-5-22)36(20-31-23)25-3-2-21(17-29)18-30-25;3-1(4)2(5)6/h2-3,16,18,20,22H,4-15,19H2,1H3,(H,32,33);(H,3,4)(H,5,6). The number of carbonyl (C=O) groups is 3. The van der Waals surface area contributed by atoms with E-state index in [1.54, 1.807) is 23.0 Å². The summed E-state index contributed by atoms with van der Waals surface area (Å²) in [7, 11) is 2.08. The van der Waals surface area contributed by atoms with Gasteiger partial charge in [0.15, 0.2) is 17.2 Å². The third-order valence-electron chi connectivity index (χ3n) is 7.28. The van der Waals surface area contributed by atoms with Crippen molar-refractivity contribution in [1.82, 2.24) is 29.3 Å². The van der Waals surface area contributed by atoms with E-state index in [2.05, 4.69) is 38.2 Å². The van der Waals surface area contributed by atoms with Gasteiger partial charge >= 0.3 is 17.9 Å². The van der Waals surface area contributed by atoms with E-state index in [0.717, 1.165) is 39.0 Å². The Morgan fingerprint density at radius 3 is 2.43 bits per heavy atom. The van der Waals surface area contributed by atoms with Gasteiger partial charge in [0.1, 0.15) is 36.9 Å². The SMILES string of the molecule is CN1CCN(CC(=O)OCCOCCOc2cc3ncn(-c4ccc(C#N)cn4)c3nc2NC2CCOCC2)CC1.O=C(O)C(=O)O. The van der Waals surface area contributed by atoms with Crippen LogP contribution in [0.2, 0.25) is 0 Å². The Balaban J connectivity index is 0.000000762. The van der Waals surface area contributed by atoms with Crippen molar-refractivity contribution in [2.24, 2.45) is 0 Å². The predicted molar refractivity (Wildman–Crippen MR) is 165 cm³/mol. The van der Waals surface area contributed by atoms with Gasteiger partial charge in [0.05, 0.1) is 25.3 Å². The number of carboxylic acid groups (broad SMARTS) is 2. The number of pyridine rings is 2. The molecule has 47 heavy (non-hydrogen) atoms. The molecule has 17 heteroatoms. The fraction of sp³-hybridized carbons (Fsp3) is 0.500. The van der Waals surface area contributed by atoms with Crippen LogP contribution >= 0.6 is 0 Å². The topological polar surface area (TPSA) is 214 Å². The zero-order valence-electron chi connectivity index (χ0n) is 26.0. The third kappa shape index (κ3) is 10.9. The Morgan fingerprint density at radius 1 is 1.04 bits per heavy atom. The van der Waals surface area contributed by atoms with E-state index in [-0.39, 0.29) is 18.6 Å². The summed E-state index contributed by atoms with van der Waals surface area (Å²) in [5, 5.41) is 27.4. The fourth-order valence-electron chi connectivity index (χ4n) is 4.69. The first kappa shape index (κ1) is 35.0. The molecule has 2 saturated heterocycles. The van der Waals surface area contributed by atoms with Crippen LogP contribution in [0, 0.1) is 11.3 Å². The van der Waals surface area contributed by atoms with Gasteiger partial charge in [0, 0.05) is 57.7 Å². The first-order valence-corrected chi connectivity index (χ1v) is 15.1. The Bertz CT molecular complexity index is 1520. The minimum absolute atomic E-state index is 0.206. The van der Waals surface area contributed by atoms with Crippen molar-refractivity contribution in [3.63, 3.8) is 0 Å². The van der Waals surface area contributed by atoms with Gasteiger partial charge in [-0.25, -0.2) is 24.5 Å². The molecule has 2 aliphatic heterocycles. The van der Waals surface area contributed by atoms with E-state index in [1.165, 1.54) is 6.20 Å². The molecule has 0 atom stereocenters. The van der Waals surface area contributed by atoms with Gasteiger partial charge < -0.3 is 39.4 Å². The number of fused-ring (bicyclic) bond motifs is 1. The van der Waals surface area contributed by atoms with Gasteiger partial charge in [-0.3, -0.25) is 14.3 Å². The van der Waals surface area contributed by atoms with Gasteiger partial charge in [-0.2, -0.15) is 5.26 Å². The molecule has 0 saturated carbocycles. The number of ether oxygens (including phenoxy) is 4. The van der Waals surface area contributed by atoms with Crippen molar-refractivity contribution in [1.29, 1.82) is 5.26 Å². The molecule has 2 fully saturated rings. The largest absolute Gasteiger partial charge is 0.487 e. The highest BCUT2D eigenvalue weighted by atomic mass is 16.6. The monoisotopic (exact) mass is 654 g/mol. The number of rotatable bonds is 12. The maximum absolute atomic E-state index is 12.1. The maximum atomic E-state index is 12.1. The minimum Gasteiger partial charge on any atom is -0.487 e. The molecule has 0 radical (unpaired) electrons. The highest BCUT2D eigenvalue weighted by Gasteiger charge is 2.20. The summed E-state index contributed by atoms with van der Waals surface area (Å²) in [5.74, 6) is -2.08. The van der Waals surface area contributed by atoms with Crippen LogP contribution in [0.4, 0.5) is 5.82 Å². The number of aromatic nitrogens is 4. The summed E-state index contributed by atoms with van der Waals surface area (Å²) in [6.45, 7) is 6.48. The van der Waals surface area contributed by atoms with Crippen LogP contribution in [0.1, 0.15) is 18.4 Å². The van der Waals surface area contributed by atoms with E-state index in [0.29, 0.717) is 73.7 Å². The summed E-state index contributed by atoms with van der Waals surface area (Å²) in [5.41, 5.74) is 1.75. The van der Waals surface area contributed by atoms with E-state index in [9.17, 15) is 4.79 Å². The zero-order valence-corrected chi connectivity index (χ0v) is 26.0. The molecule has 0 aliphatic carbocycles. The molecule has 0 spiro atoms. The molecule has 17 nitrogen and oxygen atoms in total. The van der Waals surface area contributed by atoms with Gasteiger partial charge in [0.2, 0.25) is 0 Å². The van der Waals surface area contributed by atoms with Gasteiger partial charge in [0.25, 0.3) is 0 Å². The predicted octanol–water partition coefficient (Wildman–Crippen LogP) is 0.620. The third-order valence-corrected chi connectivity index (χ3v) is 7.28. The number of hydrogen-bond donors (Lipinski definition) is 3. The Morgan fingerprint density at radius 2 is 1.77 bits per heavy atom. The number of nitrogens with one attached hydrogen (secondary N) is 1. The lowest BCUT2D eigenvalue weighted by Crippen LogP contribution is -2.46. The van der Waals surface area contributed by atoms with E-state index in [4.69, 9.17) is 49.0 Å². The number of aliphatic carboxylic acids is 2. The van der Waals surface area contributed by atoms with E-state index < -0.39 is 11.9 Å². The van der Waals surface area contributed by atoms with Crippen molar-refractivity contribution in [3.8, 4) is 17.6 Å². The summed E-state index contributed by atoms with van der Waals surface area (Å²) < 4.78 is 24.3. The summed E-state index contributed by atoms with van der Waals surface area (Å²) in [6, 6.07) is 7.61. The second-order valence-electron chi connectivity index (χ2n) is 10.7. The Hall–Kier alpha value is -4.89. The van der Waals surface area contributed by atoms with Crippen LogP contribution in [0.25, 0.3) is 17.0 Å². The Kier molecular flexibility index (Phi) is 13.2. The summed E-state index contributed by atoms with van der Waals surface area (Å²) in [4.78, 5) is 48.4. The first-order chi connectivity index (χ1) is 22.7. The summed E-state index contributed by atoms with van der Waals surface area (Å²) >= 11 is 0. The number of nitrogens with zero attached hydrogens (tertiary/aromatic N) is 7. The van der Waals surface area contributed by atoms with Crippen molar-refractivity contribution in [2.45, 2.75) is 18.9 Å². The lowest BCUT2D eigenvalue weighted by atomic mass is 10.1. The highest BCUT2D eigenvalue weighted by Crippen LogP contribution is 2.29. The van der Waals surface area contributed by atoms with Crippen LogP contribution in [0.3, 0.4) is 0 Å². The number of imidazole rings is 1. The second-order valence-corrected chi connectivity index (χ2v) is 10.7. The van der Waals surface area contributed by atoms with Crippen LogP contribution < -0.4 is 10.1 Å². The molecular formula is C30H38N8O9. The number of hydrogen-bond acceptors (Lipinski definition) is 14. The van der Waals surface area contributed by atoms with Gasteiger partial charge in [-0.1, -0.05) is 0 Å². The number of esters is 1. The molecule has 3 N–H and O–H groups in total. The maximum Gasteiger partial charge on any atom is 0.414 e. The molecule has 5 rings (SSSR count). The number of nitriles is 1. The molecule has 252 valence electrons. The molecular weight excluding hydrogens is 616 g/mol. The van der Waals surface area contributed by atoms with Crippen LogP contribution in [0.5, 0.6) is 5.75 Å². The Labute approximate surface area is 270 Å². The van der Waals surface area contributed by atoms with Crippen molar-refractivity contribution in [3.05, 3.63) is 36.3 Å². The van der Waals surface area contributed by atoms with Crippen molar-refractivity contribution in [2.75, 3.05) is 84.7 Å². The number of anilines is 1. The average Bonchev–Trinajstić information content (AvgIpc) is 3.48. The molecule has 3 aromatic rings. The van der Waals surface area contributed by atoms with Crippen molar-refractivity contribution >= 4 is 34.9 Å². The molecule has 0 bridgehead atoms. The highest BCUT2D eigenvalue weighted by molar-refractivity contribution is 6.27. The smallest absolute Gasteiger partial charge is 0.414 e.